The smallest absolute Gasteiger partial charge is 0.238 e. The monoisotopic (exact) mass is 164 g/mol. The lowest BCUT2D eigenvalue weighted by molar-refractivity contribution is -0.120. The molecule has 1 aromatic carbocycles. The molecule has 0 atom stereocenters. The third kappa shape index (κ3) is 2.36. The molecule has 0 aromatic heterocycles. The number of benzene rings is 1. The first-order chi connectivity index (χ1) is 5.72. The number of nitrogens with one attached hydrogen (secondary N) is 1. The SMILES string of the molecule is Cc1cccc(CC(=O)NN)c1. The van der Waals surface area contributed by atoms with Gasteiger partial charge in [0.25, 0.3) is 0 Å². The predicted octanol–water partition coefficient (Wildman–Crippen LogP) is 0.527. The van der Waals surface area contributed by atoms with Gasteiger partial charge >= 0.3 is 0 Å². The van der Waals surface area contributed by atoms with Gasteiger partial charge in [-0.1, -0.05) is 29.8 Å². The zero-order valence-corrected chi connectivity index (χ0v) is 7.00. The highest BCUT2D eigenvalue weighted by Crippen LogP contribution is 2.03. The van der Waals surface area contributed by atoms with Gasteiger partial charge in [-0.25, -0.2) is 5.84 Å². The Balaban J connectivity index is 2.69. The van der Waals surface area contributed by atoms with Crippen LogP contribution in [0.3, 0.4) is 0 Å². The standard InChI is InChI=1S/C9H12N2O/c1-7-3-2-4-8(5-7)6-9(12)11-10/h2-5H,6,10H2,1H3,(H,11,12). The normalized spacial score (nSPS) is 9.50. The molecule has 1 rings (SSSR count). The van der Waals surface area contributed by atoms with Gasteiger partial charge in [0.1, 0.15) is 0 Å². The van der Waals surface area contributed by atoms with E-state index in [0.29, 0.717) is 6.42 Å². The number of rotatable bonds is 2. The molecule has 3 heteroatoms. The van der Waals surface area contributed by atoms with Gasteiger partial charge in [0, 0.05) is 0 Å². The maximum Gasteiger partial charge on any atom is 0.238 e. The number of aryl methyl sites for hydroxylation is 1. The quantitative estimate of drug-likeness (QED) is 0.380. The molecule has 0 spiro atoms. The number of carbonyl (C=O) groups excluding carboxylic acids is 1. The molecule has 0 radical (unpaired) electrons. The molecule has 0 fully saturated rings. The molecule has 0 saturated heterocycles. The van der Waals surface area contributed by atoms with Crippen molar-refractivity contribution in [1.29, 1.82) is 0 Å². The maximum absolute atomic E-state index is 10.9. The molecule has 0 bridgehead atoms. The van der Waals surface area contributed by atoms with Crippen LogP contribution in [-0.4, -0.2) is 5.91 Å². The summed E-state index contributed by atoms with van der Waals surface area (Å²) < 4.78 is 0. The van der Waals surface area contributed by atoms with E-state index in [0.717, 1.165) is 11.1 Å². The van der Waals surface area contributed by atoms with Crippen molar-refractivity contribution >= 4 is 5.91 Å². The Kier molecular flexibility index (Phi) is 2.82. The van der Waals surface area contributed by atoms with Crippen molar-refractivity contribution in [3.63, 3.8) is 0 Å². The van der Waals surface area contributed by atoms with Crippen LogP contribution in [0, 0.1) is 6.92 Å². The first-order valence-electron chi connectivity index (χ1n) is 3.77. The van der Waals surface area contributed by atoms with Gasteiger partial charge in [0.05, 0.1) is 6.42 Å². The molecule has 12 heavy (non-hydrogen) atoms. The van der Waals surface area contributed by atoms with E-state index in [9.17, 15) is 4.79 Å². The summed E-state index contributed by atoms with van der Waals surface area (Å²) in [6.45, 7) is 1.99. The molecular formula is C9H12N2O. The molecule has 0 aliphatic rings. The van der Waals surface area contributed by atoms with Crippen LogP contribution in [0.2, 0.25) is 0 Å². The summed E-state index contributed by atoms with van der Waals surface area (Å²) in [5, 5.41) is 0. The van der Waals surface area contributed by atoms with Crippen molar-refractivity contribution in [2.75, 3.05) is 0 Å². The summed E-state index contributed by atoms with van der Waals surface area (Å²) in [6, 6.07) is 7.79. The minimum Gasteiger partial charge on any atom is -0.294 e. The van der Waals surface area contributed by atoms with Crippen LogP contribution < -0.4 is 11.3 Å². The zero-order valence-electron chi connectivity index (χ0n) is 7.00. The Morgan fingerprint density at radius 2 is 2.33 bits per heavy atom. The highest BCUT2D eigenvalue weighted by molar-refractivity contribution is 5.77. The topological polar surface area (TPSA) is 55.1 Å². The molecule has 3 N–H and O–H groups in total. The molecular weight excluding hydrogens is 152 g/mol. The fourth-order valence-electron chi connectivity index (χ4n) is 1.06. The van der Waals surface area contributed by atoms with Gasteiger partial charge in [0.2, 0.25) is 5.91 Å². The summed E-state index contributed by atoms with van der Waals surface area (Å²) in [6.07, 6.45) is 0.345. The van der Waals surface area contributed by atoms with E-state index in [1.165, 1.54) is 0 Å². The van der Waals surface area contributed by atoms with Crippen molar-refractivity contribution in [3.8, 4) is 0 Å². The summed E-state index contributed by atoms with van der Waals surface area (Å²) in [4.78, 5) is 10.9. The number of hydrogen-bond acceptors (Lipinski definition) is 2. The third-order valence-corrected chi connectivity index (χ3v) is 1.61. The van der Waals surface area contributed by atoms with Crippen LogP contribution in [0.1, 0.15) is 11.1 Å². The Labute approximate surface area is 71.5 Å². The van der Waals surface area contributed by atoms with Crippen molar-refractivity contribution in [2.24, 2.45) is 5.84 Å². The van der Waals surface area contributed by atoms with E-state index in [1.54, 1.807) is 0 Å². The van der Waals surface area contributed by atoms with Gasteiger partial charge in [-0.2, -0.15) is 0 Å². The minimum atomic E-state index is -0.166. The fraction of sp³-hybridized carbons (Fsp3) is 0.222. The summed E-state index contributed by atoms with van der Waals surface area (Å²) in [5.74, 6) is 4.79. The first-order valence-corrected chi connectivity index (χ1v) is 3.77. The zero-order chi connectivity index (χ0) is 8.97. The number of amides is 1. The molecule has 0 aliphatic carbocycles. The van der Waals surface area contributed by atoms with E-state index in [1.807, 2.05) is 31.2 Å². The van der Waals surface area contributed by atoms with Crippen LogP contribution in [0.4, 0.5) is 0 Å². The average molecular weight is 164 g/mol. The van der Waals surface area contributed by atoms with Crippen molar-refractivity contribution in [3.05, 3.63) is 35.4 Å². The Hall–Kier alpha value is -1.35. The second-order valence-corrected chi connectivity index (χ2v) is 2.73. The summed E-state index contributed by atoms with van der Waals surface area (Å²) in [5.41, 5.74) is 4.23. The van der Waals surface area contributed by atoms with Gasteiger partial charge < -0.3 is 0 Å². The largest absolute Gasteiger partial charge is 0.294 e. The Morgan fingerprint density at radius 3 is 2.92 bits per heavy atom. The molecule has 1 amide bonds. The molecule has 0 unspecified atom stereocenters. The van der Waals surface area contributed by atoms with Crippen molar-refractivity contribution < 1.29 is 4.79 Å². The van der Waals surface area contributed by atoms with E-state index in [4.69, 9.17) is 5.84 Å². The number of carbonyl (C=O) groups is 1. The second kappa shape index (κ2) is 3.88. The van der Waals surface area contributed by atoms with Gasteiger partial charge in [-0.15, -0.1) is 0 Å². The Morgan fingerprint density at radius 1 is 1.58 bits per heavy atom. The molecule has 3 nitrogen and oxygen atoms in total. The van der Waals surface area contributed by atoms with E-state index in [-0.39, 0.29) is 5.91 Å². The number of hydrogen-bond donors (Lipinski definition) is 2. The lowest BCUT2D eigenvalue weighted by Crippen LogP contribution is -2.31. The average Bonchev–Trinajstić information content (AvgIpc) is 2.04. The maximum atomic E-state index is 10.9. The van der Waals surface area contributed by atoms with E-state index >= 15 is 0 Å². The van der Waals surface area contributed by atoms with E-state index in [2.05, 4.69) is 5.43 Å². The number of hydrazine groups is 1. The fourth-order valence-corrected chi connectivity index (χ4v) is 1.06. The van der Waals surface area contributed by atoms with Gasteiger partial charge in [-0.05, 0) is 12.5 Å². The molecule has 0 aliphatic heterocycles. The molecule has 0 saturated carbocycles. The molecule has 1 aromatic rings. The van der Waals surface area contributed by atoms with Crippen LogP contribution >= 0.6 is 0 Å². The van der Waals surface area contributed by atoms with Gasteiger partial charge in [-0.3, -0.25) is 10.2 Å². The molecule has 0 heterocycles. The Bertz CT molecular complexity index is 284. The second-order valence-electron chi connectivity index (χ2n) is 2.73. The van der Waals surface area contributed by atoms with Gasteiger partial charge in [0.15, 0.2) is 0 Å². The highest BCUT2D eigenvalue weighted by Gasteiger charge is 1.99. The first kappa shape index (κ1) is 8.74. The van der Waals surface area contributed by atoms with Crippen LogP contribution in [0.5, 0.6) is 0 Å². The van der Waals surface area contributed by atoms with E-state index < -0.39 is 0 Å². The van der Waals surface area contributed by atoms with Crippen LogP contribution in [0.25, 0.3) is 0 Å². The highest BCUT2D eigenvalue weighted by atomic mass is 16.2. The van der Waals surface area contributed by atoms with Crippen molar-refractivity contribution in [1.82, 2.24) is 5.43 Å². The molecule has 64 valence electrons. The lowest BCUT2D eigenvalue weighted by Gasteiger charge is -2.00. The van der Waals surface area contributed by atoms with Crippen LogP contribution in [0.15, 0.2) is 24.3 Å². The third-order valence-electron chi connectivity index (χ3n) is 1.61. The number of nitrogens with two attached hydrogens (primary N) is 1. The van der Waals surface area contributed by atoms with Crippen molar-refractivity contribution in [2.45, 2.75) is 13.3 Å². The van der Waals surface area contributed by atoms with Crippen LogP contribution in [-0.2, 0) is 11.2 Å². The lowest BCUT2D eigenvalue weighted by atomic mass is 10.1. The minimum absolute atomic E-state index is 0.166. The predicted molar refractivity (Wildman–Crippen MR) is 47.2 cm³/mol. The summed E-state index contributed by atoms with van der Waals surface area (Å²) >= 11 is 0. The summed E-state index contributed by atoms with van der Waals surface area (Å²) in [7, 11) is 0.